The minimum absolute atomic E-state index is 0.286. The van der Waals surface area contributed by atoms with Gasteiger partial charge in [-0.05, 0) is 53.4 Å². The Balaban J connectivity index is 1.87. The van der Waals surface area contributed by atoms with Crippen LogP contribution >= 0.6 is 15.9 Å². The summed E-state index contributed by atoms with van der Waals surface area (Å²) in [6.07, 6.45) is 3.10. The van der Waals surface area contributed by atoms with Crippen LogP contribution in [0.15, 0.2) is 27.6 Å². The third-order valence-electron chi connectivity index (χ3n) is 4.25. The summed E-state index contributed by atoms with van der Waals surface area (Å²) in [6.45, 7) is 1.14. The number of halogens is 1. The number of sulfonamides is 1. The summed E-state index contributed by atoms with van der Waals surface area (Å²) in [6, 6.07) is 5.66. The zero-order valence-corrected chi connectivity index (χ0v) is 14.3. The predicted molar refractivity (Wildman–Crippen MR) is 84.0 cm³/mol. The Kier molecular flexibility index (Phi) is 4.27. The van der Waals surface area contributed by atoms with E-state index in [2.05, 4.69) is 21.2 Å². The Morgan fingerprint density at radius 2 is 2.05 bits per heavy atom. The maximum absolute atomic E-state index is 12.8. The summed E-state index contributed by atoms with van der Waals surface area (Å²) in [5, 5.41) is 3.50. The van der Waals surface area contributed by atoms with Crippen LogP contribution in [0.25, 0.3) is 0 Å². The normalized spacial score (nSPS) is 26.6. The van der Waals surface area contributed by atoms with Gasteiger partial charge in [-0.15, -0.1) is 0 Å². The highest BCUT2D eigenvalue weighted by Crippen LogP contribution is 2.30. The molecule has 0 aromatic heterocycles. The molecule has 0 saturated carbocycles. The number of benzene rings is 1. The summed E-state index contributed by atoms with van der Waals surface area (Å²) in [5.74, 6) is 0.630. The molecule has 0 spiro atoms. The highest BCUT2D eigenvalue weighted by molar-refractivity contribution is 9.10. The second-order valence-corrected chi connectivity index (χ2v) is 8.38. The molecule has 2 fully saturated rings. The topological polar surface area (TPSA) is 58.6 Å². The van der Waals surface area contributed by atoms with Gasteiger partial charge >= 0.3 is 0 Å². The molecule has 116 valence electrons. The van der Waals surface area contributed by atoms with E-state index in [4.69, 9.17) is 4.74 Å². The third-order valence-corrected chi connectivity index (χ3v) is 6.73. The van der Waals surface area contributed by atoms with Gasteiger partial charge in [0.05, 0.1) is 16.5 Å². The van der Waals surface area contributed by atoms with Gasteiger partial charge < -0.3 is 10.1 Å². The van der Waals surface area contributed by atoms with Crippen molar-refractivity contribution in [3.05, 3.63) is 22.7 Å². The summed E-state index contributed by atoms with van der Waals surface area (Å²) in [5.41, 5.74) is 0. The van der Waals surface area contributed by atoms with Crippen molar-refractivity contribution >= 4 is 26.0 Å². The monoisotopic (exact) mass is 374 g/mol. The summed E-state index contributed by atoms with van der Waals surface area (Å²) in [4.78, 5) is 0.313. The van der Waals surface area contributed by atoms with E-state index in [0.717, 1.165) is 19.3 Å². The largest absolute Gasteiger partial charge is 0.496 e. The van der Waals surface area contributed by atoms with Crippen molar-refractivity contribution in [2.75, 3.05) is 20.2 Å². The molecule has 1 N–H and O–H groups in total. The lowest BCUT2D eigenvalue weighted by Crippen LogP contribution is -2.39. The highest BCUT2D eigenvalue weighted by atomic mass is 79.9. The Bertz CT molecular complexity index is 635. The molecule has 0 amide bonds. The van der Waals surface area contributed by atoms with Crippen LogP contribution in [0, 0.1) is 0 Å². The molecule has 2 heterocycles. The molecule has 7 heteroatoms. The lowest BCUT2D eigenvalue weighted by atomic mass is 10.1. The van der Waals surface area contributed by atoms with Gasteiger partial charge in [-0.1, -0.05) is 0 Å². The first-order valence-corrected chi connectivity index (χ1v) is 9.34. The Morgan fingerprint density at radius 3 is 2.76 bits per heavy atom. The average molecular weight is 375 g/mol. The molecule has 2 bridgehead atoms. The average Bonchev–Trinajstić information content (AvgIpc) is 2.77. The fourth-order valence-electron chi connectivity index (χ4n) is 3.09. The van der Waals surface area contributed by atoms with E-state index in [0.29, 0.717) is 34.2 Å². The number of ether oxygens (including phenoxy) is 1. The van der Waals surface area contributed by atoms with Crippen molar-refractivity contribution in [2.24, 2.45) is 0 Å². The highest BCUT2D eigenvalue weighted by Gasteiger charge is 2.35. The summed E-state index contributed by atoms with van der Waals surface area (Å²) < 4.78 is 33.0. The minimum atomic E-state index is -3.45. The third kappa shape index (κ3) is 2.97. The zero-order chi connectivity index (χ0) is 15.0. The first-order valence-electron chi connectivity index (χ1n) is 7.10. The summed E-state index contributed by atoms with van der Waals surface area (Å²) in [7, 11) is -1.89. The first kappa shape index (κ1) is 15.3. The van der Waals surface area contributed by atoms with Gasteiger partial charge in [0.2, 0.25) is 10.0 Å². The lowest BCUT2D eigenvalue weighted by Gasteiger charge is -2.23. The number of nitrogens with zero attached hydrogens (tertiary/aromatic N) is 1. The molecule has 5 nitrogen and oxygen atoms in total. The second kappa shape index (κ2) is 5.87. The molecule has 2 aliphatic rings. The van der Waals surface area contributed by atoms with E-state index in [1.165, 1.54) is 0 Å². The van der Waals surface area contributed by atoms with Crippen LogP contribution in [0.2, 0.25) is 0 Å². The standard InChI is InChI=1S/C14H19BrN2O3S/c1-20-14-5-4-12(8-13(14)15)21(18,19)17-7-6-10-2-3-11(9-17)16-10/h4-5,8,10-11,16H,2-3,6-7,9H2,1H3. The minimum Gasteiger partial charge on any atom is -0.496 e. The van der Waals surface area contributed by atoms with Crippen LogP contribution < -0.4 is 10.1 Å². The summed E-state index contributed by atoms with van der Waals surface area (Å²) >= 11 is 3.35. The van der Waals surface area contributed by atoms with Crippen LogP contribution in [-0.4, -0.2) is 45.0 Å². The van der Waals surface area contributed by atoms with Crippen molar-refractivity contribution in [3.63, 3.8) is 0 Å². The van der Waals surface area contributed by atoms with Crippen molar-refractivity contribution < 1.29 is 13.2 Å². The van der Waals surface area contributed by atoms with E-state index < -0.39 is 10.0 Å². The van der Waals surface area contributed by atoms with Crippen molar-refractivity contribution in [2.45, 2.75) is 36.2 Å². The number of fused-ring (bicyclic) bond motifs is 2. The van der Waals surface area contributed by atoms with Crippen molar-refractivity contribution in [3.8, 4) is 5.75 Å². The zero-order valence-electron chi connectivity index (χ0n) is 11.9. The molecule has 0 radical (unpaired) electrons. The van der Waals surface area contributed by atoms with Crippen LogP contribution in [-0.2, 0) is 10.0 Å². The number of methoxy groups -OCH3 is 1. The molecule has 2 unspecified atom stereocenters. The SMILES string of the molecule is COc1ccc(S(=O)(=O)N2CCC3CCC(C2)N3)cc1Br. The number of rotatable bonds is 3. The number of hydrogen-bond acceptors (Lipinski definition) is 4. The van der Waals surface area contributed by atoms with Gasteiger partial charge in [-0.2, -0.15) is 4.31 Å². The Labute approximate surface area is 133 Å². The quantitative estimate of drug-likeness (QED) is 0.878. The van der Waals surface area contributed by atoms with E-state index in [9.17, 15) is 8.42 Å². The van der Waals surface area contributed by atoms with E-state index in [1.54, 1.807) is 29.6 Å². The molecule has 2 atom stereocenters. The first-order chi connectivity index (χ1) is 10.0. The molecular formula is C14H19BrN2O3S. The van der Waals surface area contributed by atoms with E-state index in [-0.39, 0.29) is 6.04 Å². The van der Waals surface area contributed by atoms with Crippen LogP contribution in [0.1, 0.15) is 19.3 Å². The molecule has 0 aliphatic carbocycles. The molecule has 1 aromatic carbocycles. The van der Waals surface area contributed by atoms with Crippen LogP contribution in [0.4, 0.5) is 0 Å². The molecule has 2 saturated heterocycles. The fraction of sp³-hybridized carbons (Fsp3) is 0.571. The van der Waals surface area contributed by atoms with Gasteiger partial charge in [0.15, 0.2) is 0 Å². The van der Waals surface area contributed by atoms with E-state index >= 15 is 0 Å². The second-order valence-electron chi connectivity index (χ2n) is 5.59. The molecule has 3 rings (SSSR count). The van der Waals surface area contributed by atoms with Gasteiger partial charge in [0.1, 0.15) is 5.75 Å². The van der Waals surface area contributed by atoms with E-state index in [1.807, 2.05) is 0 Å². The molecule has 21 heavy (non-hydrogen) atoms. The van der Waals surface area contributed by atoms with Crippen molar-refractivity contribution in [1.82, 2.24) is 9.62 Å². The van der Waals surface area contributed by atoms with Gasteiger partial charge in [-0.25, -0.2) is 8.42 Å². The Morgan fingerprint density at radius 1 is 1.29 bits per heavy atom. The molecule has 2 aliphatic heterocycles. The fourth-order valence-corrected chi connectivity index (χ4v) is 5.30. The van der Waals surface area contributed by atoms with Crippen LogP contribution in [0.5, 0.6) is 5.75 Å². The lowest BCUT2D eigenvalue weighted by molar-refractivity contribution is 0.383. The number of hydrogen-bond donors (Lipinski definition) is 1. The van der Waals surface area contributed by atoms with Gasteiger partial charge in [0, 0.05) is 25.2 Å². The van der Waals surface area contributed by atoms with Gasteiger partial charge in [0.25, 0.3) is 0 Å². The van der Waals surface area contributed by atoms with Crippen molar-refractivity contribution in [1.29, 1.82) is 0 Å². The van der Waals surface area contributed by atoms with Crippen LogP contribution in [0.3, 0.4) is 0 Å². The maximum Gasteiger partial charge on any atom is 0.243 e. The Hall–Kier alpha value is -0.630. The predicted octanol–water partition coefficient (Wildman–Crippen LogP) is 1.97. The molecular weight excluding hydrogens is 356 g/mol. The maximum atomic E-state index is 12.8. The molecule has 1 aromatic rings. The smallest absolute Gasteiger partial charge is 0.243 e. The van der Waals surface area contributed by atoms with Gasteiger partial charge in [-0.3, -0.25) is 0 Å². The number of nitrogens with one attached hydrogen (secondary N) is 1.